The number of hydrogen-bond donors (Lipinski definition) is 1. The van der Waals surface area contributed by atoms with E-state index in [1.54, 1.807) is 17.1 Å². The summed E-state index contributed by atoms with van der Waals surface area (Å²) >= 11 is 0. The lowest BCUT2D eigenvalue weighted by molar-refractivity contribution is 0.0946. The Morgan fingerprint density at radius 2 is 2.13 bits per heavy atom. The van der Waals surface area contributed by atoms with E-state index in [0.717, 1.165) is 23.0 Å². The molecule has 1 N–H and O–H groups in total. The van der Waals surface area contributed by atoms with E-state index in [1.807, 2.05) is 25.4 Å². The van der Waals surface area contributed by atoms with Gasteiger partial charge < -0.3 is 5.32 Å². The Hall–Kier alpha value is -3.09. The SMILES string of the molecule is Cn1cc(-c2ccc(CNC(=O)c3ccncc3F)cn2)cn1. The van der Waals surface area contributed by atoms with Crippen molar-refractivity contribution in [3.63, 3.8) is 0 Å². The molecule has 0 saturated carbocycles. The van der Waals surface area contributed by atoms with Gasteiger partial charge in [0, 0.05) is 37.7 Å². The summed E-state index contributed by atoms with van der Waals surface area (Å²) in [6, 6.07) is 5.05. The van der Waals surface area contributed by atoms with Crippen LogP contribution in [0.25, 0.3) is 11.3 Å². The summed E-state index contributed by atoms with van der Waals surface area (Å²) in [5, 5.41) is 6.75. The number of aromatic nitrogens is 4. The third-order valence-corrected chi connectivity index (χ3v) is 3.30. The zero-order chi connectivity index (χ0) is 16.2. The van der Waals surface area contributed by atoms with Crippen LogP contribution < -0.4 is 5.32 Å². The van der Waals surface area contributed by atoms with E-state index < -0.39 is 11.7 Å². The van der Waals surface area contributed by atoms with Gasteiger partial charge in [0.25, 0.3) is 5.91 Å². The molecule has 116 valence electrons. The summed E-state index contributed by atoms with van der Waals surface area (Å²) in [5.74, 6) is -1.13. The molecule has 0 atom stereocenters. The zero-order valence-electron chi connectivity index (χ0n) is 12.4. The van der Waals surface area contributed by atoms with Crippen molar-refractivity contribution >= 4 is 5.91 Å². The minimum Gasteiger partial charge on any atom is -0.348 e. The van der Waals surface area contributed by atoms with Gasteiger partial charge in [0.15, 0.2) is 5.82 Å². The normalized spacial score (nSPS) is 10.5. The molecule has 6 nitrogen and oxygen atoms in total. The molecule has 0 radical (unpaired) electrons. The first-order chi connectivity index (χ1) is 11.1. The molecular weight excluding hydrogens is 297 g/mol. The lowest BCUT2D eigenvalue weighted by Crippen LogP contribution is -2.23. The largest absolute Gasteiger partial charge is 0.348 e. The van der Waals surface area contributed by atoms with Gasteiger partial charge in [0.2, 0.25) is 0 Å². The first kappa shape index (κ1) is 14.8. The van der Waals surface area contributed by atoms with Crippen molar-refractivity contribution in [2.75, 3.05) is 0 Å². The van der Waals surface area contributed by atoms with Gasteiger partial charge in [-0.1, -0.05) is 6.07 Å². The molecule has 23 heavy (non-hydrogen) atoms. The predicted molar refractivity (Wildman–Crippen MR) is 81.8 cm³/mol. The number of nitrogens with zero attached hydrogens (tertiary/aromatic N) is 4. The van der Waals surface area contributed by atoms with Crippen LogP contribution >= 0.6 is 0 Å². The van der Waals surface area contributed by atoms with Gasteiger partial charge in [0.1, 0.15) is 0 Å². The molecule has 0 aliphatic carbocycles. The Labute approximate surface area is 132 Å². The van der Waals surface area contributed by atoms with E-state index in [0.29, 0.717) is 0 Å². The molecule has 1 amide bonds. The van der Waals surface area contributed by atoms with E-state index in [-0.39, 0.29) is 12.1 Å². The number of hydrogen-bond acceptors (Lipinski definition) is 4. The molecule has 3 aromatic rings. The lowest BCUT2D eigenvalue weighted by Gasteiger charge is -2.06. The smallest absolute Gasteiger partial charge is 0.254 e. The zero-order valence-corrected chi connectivity index (χ0v) is 12.4. The van der Waals surface area contributed by atoms with Crippen LogP contribution in [0.2, 0.25) is 0 Å². The van der Waals surface area contributed by atoms with Crippen molar-refractivity contribution in [2.24, 2.45) is 7.05 Å². The van der Waals surface area contributed by atoms with Crippen molar-refractivity contribution in [1.29, 1.82) is 0 Å². The van der Waals surface area contributed by atoms with Crippen molar-refractivity contribution in [3.8, 4) is 11.3 Å². The van der Waals surface area contributed by atoms with Gasteiger partial charge >= 0.3 is 0 Å². The summed E-state index contributed by atoms with van der Waals surface area (Å²) in [4.78, 5) is 19.9. The molecule has 0 unspecified atom stereocenters. The summed E-state index contributed by atoms with van der Waals surface area (Å²) in [6.07, 6.45) is 7.67. The number of rotatable bonds is 4. The third kappa shape index (κ3) is 3.39. The Bertz CT molecular complexity index is 828. The molecule has 0 aromatic carbocycles. The monoisotopic (exact) mass is 311 g/mol. The van der Waals surface area contributed by atoms with Crippen molar-refractivity contribution in [1.82, 2.24) is 25.1 Å². The molecule has 7 heteroatoms. The average Bonchev–Trinajstić information content (AvgIpc) is 3.00. The fourth-order valence-electron chi connectivity index (χ4n) is 2.09. The molecule has 3 heterocycles. The Morgan fingerprint density at radius 3 is 2.78 bits per heavy atom. The van der Waals surface area contributed by atoms with Crippen LogP contribution in [0.4, 0.5) is 4.39 Å². The molecule has 0 saturated heterocycles. The second-order valence-corrected chi connectivity index (χ2v) is 4.99. The van der Waals surface area contributed by atoms with Crippen molar-refractivity contribution < 1.29 is 9.18 Å². The van der Waals surface area contributed by atoms with Gasteiger partial charge in [-0.2, -0.15) is 5.10 Å². The topological polar surface area (TPSA) is 72.7 Å². The fraction of sp³-hybridized carbons (Fsp3) is 0.125. The average molecular weight is 311 g/mol. The standard InChI is InChI=1S/C16H14FN5O/c1-22-10-12(8-21-22)15-3-2-11(6-19-15)7-20-16(23)13-4-5-18-9-14(13)17/h2-6,8-10H,7H2,1H3,(H,20,23). The Morgan fingerprint density at radius 1 is 1.26 bits per heavy atom. The highest BCUT2D eigenvalue weighted by Crippen LogP contribution is 2.15. The number of carbonyl (C=O) groups is 1. The molecule has 0 spiro atoms. The number of nitrogens with one attached hydrogen (secondary N) is 1. The van der Waals surface area contributed by atoms with Crippen LogP contribution in [-0.4, -0.2) is 25.7 Å². The fourth-order valence-corrected chi connectivity index (χ4v) is 2.09. The highest BCUT2D eigenvalue weighted by Gasteiger charge is 2.11. The Balaban J connectivity index is 1.65. The molecule has 0 bridgehead atoms. The van der Waals surface area contributed by atoms with Gasteiger partial charge in [-0.05, 0) is 17.7 Å². The maximum absolute atomic E-state index is 13.5. The van der Waals surface area contributed by atoms with Crippen molar-refractivity contribution in [2.45, 2.75) is 6.54 Å². The number of amides is 1. The molecule has 0 aliphatic rings. The number of carbonyl (C=O) groups excluding carboxylic acids is 1. The van der Waals surface area contributed by atoms with Crippen LogP contribution in [0.5, 0.6) is 0 Å². The van der Waals surface area contributed by atoms with E-state index in [1.165, 1.54) is 12.3 Å². The van der Waals surface area contributed by atoms with Gasteiger partial charge in [-0.3, -0.25) is 19.4 Å². The van der Waals surface area contributed by atoms with Gasteiger partial charge in [-0.25, -0.2) is 4.39 Å². The van der Waals surface area contributed by atoms with Crippen LogP contribution in [0, 0.1) is 5.82 Å². The second-order valence-electron chi connectivity index (χ2n) is 4.99. The molecule has 0 aliphatic heterocycles. The maximum Gasteiger partial charge on any atom is 0.254 e. The van der Waals surface area contributed by atoms with E-state index in [9.17, 15) is 9.18 Å². The van der Waals surface area contributed by atoms with Crippen LogP contribution in [0.1, 0.15) is 15.9 Å². The summed E-state index contributed by atoms with van der Waals surface area (Å²) in [7, 11) is 1.84. The van der Waals surface area contributed by atoms with Crippen LogP contribution in [0.15, 0.2) is 49.2 Å². The highest BCUT2D eigenvalue weighted by molar-refractivity contribution is 5.94. The summed E-state index contributed by atoms with van der Waals surface area (Å²) in [5.41, 5.74) is 2.51. The lowest BCUT2D eigenvalue weighted by atomic mass is 10.2. The first-order valence-corrected chi connectivity index (χ1v) is 6.95. The predicted octanol–water partition coefficient (Wildman–Crippen LogP) is 1.95. The minimum absolute atomic E-state index is 0.0278. The van der Waals surface area contributed by atoms with Crippen LogP contribution in [-0.2, 0) is 13.6 Å². The highest BCUT2D eigenvalue weighted by atomic mass is 19.1. The quantitative estimate of drug-likeness (QED) is 0.799. The summed E-state index contributed by atoms with van der Waals surface area (Å²) < 4.78 is 15.2. The van der Waals surface area contributed by atoms with Gasteiger partial charge in [0.05, 0.1) is 23.7 Å². The third-order valence-electron chi connectivity index (χ3n) is 3.30. The van der Waals surface area contributed by atoms with Gasteiger partial charge in [-0.15, -0.1) is 0 Å². The Kier molecular flexibility index (Phi) is 4.09. The second kappa shape index (κ2) is 6.35. The van der Waals surface area contributed by atoms with Crippen molar-refractivity contribution in [3.05, 3.63) is 66.1 Å². The number of pyridine rings is 2. The van der Waals surface area contributed by atoms with E-state index in [2.05, 4.69) is 20.4 Å². The molecular formula is C16H14FN5O. The number of halogens is 1. The van der Waals surface area contributed by atoms with E-state index in [4.69, 9.17) is 0 Å². The van der Waals surface area contributed by atoms with E-state index >= 15 is 0 Å². The molecule has 3 aromatic heterocycles. The summed E-state index contributed by atoms with van der Waals surface area (Å²) in [6.45, 7) is 0.265. The molecule has 3 rings (SSSR count). The van der Waals surface area contributed by atoms with Crippen LogP contribution in [0.3, 0.4) is 0 Å². The number of aryl methyl sites for hydroxylation is 1. The maximum atomic E-state index is 13.5. The minimum atomic E-state index is -0.643. The first-order valence-electron chi connectivity index (χ1n) is 6.95. The molecule has 0 fully saturated rings.